The van der Waals surface area contributed by atoms with Gasteiger partial charge in [-0.1, -0.05) is 42.5 Å². The maximum atomic E-state index is 13.9. The molecule has 118 valence electrons. The number of fused-ring (bicyclic) bond motifs is 2. The lowest BCUT2D eigenvalue weighted by Crippen LogP contribution is -2.18. The normalized spacial score (nSPS) is 12.5. The van der Waals surface area contributed by atoms with Crippen molar-refractivity contribution in [1.29, 1.82) is 0 Å². The van der Waals surface area contributed by atoms with Crippen LogP contribution in [-0.4, -0.2) is 0 Å². The largest absolute Gasteiger partial charge is 0.336 e. The van der Waals surface area contributed by atoms with Gasteiger partial charge in [-0.05, 0) is 47.5 Å². The third-order valence-corrected chi connectivity index (χ3v) is 4.19. The SMILES string of the molecule is Fc1ccc2c(c1)C=Cc1ccc(F)cc1N2Cc1ccccc1. The molecule has 0 saturated carbocycles. The lowest BCUT2D eigenvalue weighted by atomic mass is 10.1. The lowest BCUT2D eigenvalue weighted by Gasteiger charge is -2.27. The molecular formula is C21H15F2N. The maximum absolute atomic E-state index is 13.9. The molecule has 4 rings (SSSR count). The van der Waals surface area contributed by atoms with Gasteiger partial charge in [-0.3, -0.25) is 0 Å². The van der Waals surface area contributed by atoms with E-state index in [0.717, 1.165) is 28.1 Å². The lowest BCUT2D eigenvalue weighted by molar-refractivity contribution is 0.626. The fourth-order valence-corrected chi connectivity index (χ4v) is 3.04. The molecule has 0 saturated heterocycles. The minimum atomic E-state index is -0.286. The van der Waals surface area contributed by atoms with Gasteiger partial charge in [0, 0.05) is 17.8 Å². The summed E-state index contributed by atoms with van der Waals surface area (Å²) in [6, 6.07) is 19.4. The Labute approximate surface area is 139 Å². The van der Waals surface area contributed by atoms with Gasteiger partial charge in [0.15, 0.2) is 0 Å². The summed E-state index contributed by atoms with van der Waals surface area (Å²) in [5.41, 5.74) is 4.43. The first-order valence-corrected chi connectivity index (χ1v) is 7.79. The van der Waals surface area contributed by atoms with Gasteiger partial charge in [0.2, 0.25) is 0 Å². The molecule has 1 aliphatic rings. The van der Waals surface area contributed by atoms with E-state index in [0.29, 0.717) is 6.54 Å². The van der Waals surface area contributed by atoms with Crippen LogP contribution in [0, 0.1) is 11.6 Å². The summed E-state index contributed by atoms with van der Waals surface area (Å²) >= 11 is 0. The third kappa shape index (κ3) is 2.69. The molecule has 3 aromatic carbocycles. The van der Waals surface area contributed by atoms with Gasteiger partial charge in [0.05, 0.1) is 5.69 Å². The van der Waals surface area contributed by atoms with E-state index in [1.54, 1.807) is 12.1 Å². The Morgan fingerprint density at radius 3 is 2.21 bits per heavy atom. The van der Waals surface area contributed by atoms with Crippen LogP contribution in [0.4, 0.5) is 20.2 Å². The average Bonchev–Trinajstić information content (AvgIpc) is 2.73. The van der Waals surface area contributed by atoms with E-state index in [1.807, 2.05) is 47.4 Å². The molecule has 1 nitrogen and oxygen atoms in total. The zero-order valence-corrected chi connectivity index (χ0v) is 12.9. The third-order valence-electron chi connectivity index (χ3n) is 4.19. The number of anilines is 2. The van der Waals surface area contributed by atoms with Gasteiger partial charge in [-0.2, -0.15) is 0 Å². The van der Waals surface area contributed by atoms with E-state index in [2.05, 4.69) is 0 Å². The molecule has 0 amide bonds. The topological polar surface area (TPSA) is 3.24 Å². The molecule has 0 spiro atoms. The molecule has 0 N–H and O–H groups in total. The van der Waals surface area contributed by atoms with Gasteiger partial charge >= 0.3 is 0 Å². The summed E-state index contributed by atoms with van der Waals surface area (Å²) in [6.45, 7) is 0.581. The van der Waals surface area contributed by atoms with Crippen molar-refractivity contribution in [3.63, 3.8) is 0 Å². The maximum Gasteiger partial charge on any atom is 0.125 e. The molecule has 0 aliphatic carbocycles. The summed E-state index contributed by atoms with van der Waals surface area (Å²) in [7, 11) is 0. The van der Waals surface area contributed by atoms with Crippen LogP contribution in [0.5, 0.6) is 0 Å². The fraction of sp³-hybridized carbons (Fsp3) is 0.0476. The van der Waals surface area contributed by atoms with E-state index in [-0.39, 0.29) is 11.6 Å². The first kappa shape index (κ1) is 14.6. The minimum Gasteiger partial charge on any atom is -0.336 e. The highest BCUT2D eigenvalue weighted by molar-refractivity contribution is 5.88. The molecule has 0 unspecified atom stereocenters. The fourth-order valence-electron chi connectivity index (χ4n) is 3.04. The van der Waals surface area contributed by atoms with Crippen LogP contribution in [0.15, 0.2) is 66.7 Å². The Bertz CT molecular complexity index is 916. The van der Waals surface area contributed by atoms with Gasteiger partial charge < -0.3 is 4.90 Å². The van der Waals surface area contributed by atoms with Gasteiger partial charge in [0.25, 0.3) is 0 Å². The highest BCUT2D eigenvalue weighted by atomic mass is 19.1. The first-order chi connectivity index (χ1) is 11.7. The molecule has 0 bridgehead atoms. The van der Waals surface area contributed by atoms with Gasteiger partial charge in [-0.15, -0.1) is 0 Å². The molecule has 3 aromatic rings. The van der Waals surface area contributed by atoms with Crippen molar-refractivity contribution in [2.75, 3.05) is 4.90 Å². The first-order valence-electron chi connectivity index (χ1n) is 7.79. The summed E-state index contributed by atoms with van der Waals surface area (Å²) in [5.74, 6) is -0.569. The van der Waals surface area contributed by atoms with Gasteiger partial charge in [-0.25, -0.2) is 8.78 Å². The van der Waals surface area contributed by atoms with Crippen molar-refractivity contribution in [3.8, 4) is 0 Å². The van der Waals surface area contributed by atoms with E-state index < -0.39 is 0 Å². The van der Waals surface area contributed by atoms with Crippen molar-refractivity contribution in [2.24, 2.45) is 0 Å². The number of nitrogens with zero attached hydrogens (tertiary/aromatic N) is 1. The summed E-state index contributed by atoms with van der Waals surface area (Å²) < 4.78 is 27.5. The van der Waals surface area contributed by atoms with Crippen molar-refractivity contribution >= 4 is 23.5 Å². The highest BCUT2D eigenvalue weighted by Crippen LogP contribution is 2.38. The standard InChI is InChI=1S/C21H15F2N/c22-18-10-11-20-17(12-18)7-6-16-8-9-19(23)13-21(16)24(20)14-15-4-2-1-3-5-15/h1-13H,14H2. The zero-order chi connectivity index (χ0) is 16.5. The van der Waals surface area contributed by atoms with Crippen LogP contribution in [0.3, 0.4) is 0 Å². The van der Waals surface area contributed by atoms with Crippen LogP contribution < -0.4 is 4.90 Å². The quantitative estimate of drug-likeness (QED) is 0.578. The predicted molar refractivity (Wildman–Crippen MR) is 94.0 cm³/mol. The smallest absolute Gasteiger partial charge is 0.125 e. The Hall–Kier alpha value is -2.94. The Morgan fingerprint density at radius 2 is 1.38 bits per heavy atom. The molecule has 0 fully saturated rings. The van der Waals surface area contributed by atoms with Crippen molar-refractivity contribution in [3.05, 3.63) is 95.1 Å². The molecular weight excluding hydrogens is 304 g/mol. The molecule has 1 aliphatic heterocycles. The van der Waals surface area contributed by atoms with E-state index in [1.165, 1.54) is 24.3 Å². The van der Waals surface area contributed by atoms with Crippen LogP contribution >= 0.6 is 0 Å². The number of hydrogen-bond donors (Lipinski definition) is 0. The van der Waals surface area contributed by atoms with Crippen molar-refractivity contribution in [2.45, 2.75) is 6.54 Å². The molecule has 0 atom stereocenters. The number of halogens is 2. The zero-order valence-electron chi connectivity index (χ0n) is 12.9. The van der Waals surface area contributed by atoms with Crippen molar-refractivity contribution < 1.29 is 8.78 Å². The second-order valence-corrected chi connectivity index (χ2v) is 5.81. The monoisotopic (exact) mass is 319 g/mol. The summed E-state index contributed by atoms with van der Waals surface area (Å²) in [4.78, 5) is 2.03. The molecule has 24 heavy (non-hydrogen) atoms. The number of rotatable bonds is 2. The second-order valence-electron chi connectivity index (χ2n) is 5.81. The molecule has 3 heteroatoms. The summed E-state index contributed by atoms with van der Waals surface area (Å²) in [6.07, 6.45) is 3.78. The van der Waals surface area contributed by atoms with E-state index >= 15 is 0 Å². The van der Waals surface area contributed by atoms with Crippen molar-refractivity contribution in [1.82, 2.24) is 0 Å². The molecule has 1 heterocycles. The Kier molecular flexibility index (Phi) is 3.62. The Balaban J connectivity index is 1.89. The minimum absolute atomic E-state index is 0.282. The van der Waals surface area contributed by atoms with Crippen LogP contribution in [0.2, 0.25) is 0 Å². The highest BCUT2D eigenvalue weighted by Gasteiger charge is 2.19. The van der Waals surface area contributed by atoms with Crippen LogP contribution in [-0.2, 0) is 6.54 Å². The molecule has 0 aromatic heterocycles. The van der Waals surface area contributed by atoms with E-state index in [4.69, 9.17) is 0 Å². The second kappa shape index (κ2) is 5.93. The van der Waals surface area contributed by atoms with E-state index in [9.17, 15) is 8.78 Å². The average molecular weight is 319 g/mol. The Morgan fingerprint density at radius 1 is 0.667 bits per heavy atom. The number of benzene rings is 3. The summed E-state index contributed by atoms with van der Waals surface area (Å²) in [5, 5.41) is 0. The predicted octanol–water partition coefficient (Wildman–Crippen LogP) is 5.79. The molecule has 0 radical (unpaired) electrons. The van der Waals surface area contributed by atoms with Crippen LogP contribution in [0.1, 0.15) is 16.7 Å². The van der Waals surface area contributed by atoms with Crippen LogP contribution in [0.25, 0.3) is 12.2 Å². The van der Waals surface area contributed by atoms with Gasteiger partial charge in [0.1, 0.15) is 11.6 Å². The number of hydrogen-bond acceptors (Lipinski definition) is 1.